The molecule has 0 radical (unpaired) electrons. The summed E-state index contributed by atoms with van der Waals surface area (Å²) in [7, 11) is 0. The van der Waals surface area contributed by atoms with Gasteiger partial charge in [-0.3, -0.25) is 4.79 Å². The van der Waals surface area contributed by atoms with E-state index in [0.29, 0.717) is 4.88 Å². The van der Waals surface area contributed by atoms with E-state index in [0.717, 1.165) is 11.3 Å². The summed E-state index contributed by atoms with van der Waals surface area (Å²) in [5.41, 5.74) is 5.10. The van der Waals surface area contributed by atoms with E-state index in [-0.39, 0.29) is 17.2 Å². The van der Waals surface area contributed by atoms with Gasteiger partial charge < -0.3 is 10.8 Å². The molecule has 0 amide bonds. The number of aromatic carboxylic acids is 1. The first-order valence-electron chi connectivity index (χ1n) is 3.21. The molecule has 0 saturated carbocycles. The third-order valence-corrected chi connectivity index (χ3v) is 2.39. The molecule has 64 valence electrons. The molecule has 0 aliphatic rings. The fourth-order valence-electron chi connectivity index (χ4n) is 0.703. The zero-order valence-electron chi connectivity index (χ0n) is 6.11. The van der Waals surface area contributed by atoms with Crippen LogP contribution in [-0.2, 0) is 0 Å². The van der Waals surface area contributed by atoms with Gasteiger partial charge in [0.25, 0.3) is 0 Å². The maximum absolute atomic E-state index is 10.9. The molecule has 0 fully saturated rings. The van der Waals surface area contributed by atoms with Crippen LogP contribution in [0.15, 0.2) is 12.1 Å². The average Bonchev–Trinajstić information content (AvgIpc) is 2.51. The molecule has 0 unspecified atom stereocenters. The topological polar surface area (TPSA) is 80.4 Å². The number of Topliss-reactive ketones (excluding diaryl/α,β-unsaturated/α-hetero) is 1. The van der Waals surface area contributed by atoms with E-state index in [1.807, 2.05) is 0 Å². The molecule has 1 rings (SSSR count). The monoisotopic (exact) mass is 185 g/mol. The Kier molecular flexibility index (Phi) is 2.57. The molecule has 1 aromatic heterocycles. The third kappa shape index (κ3) is 1.69. The summed E-state index contributed by atoms with van der Waals surface area (Å²) in [6.07, 6.45) is 0. The molecular weight excluding hydrogens is 178 g/mol. The molecule has 1 heterocycles. The molecule has 0 saturated heterocycles. The normalized spacial score (nSPS) is 9.75. The number of ketones is 1. The minimum Gasteiger partial charge on any atom is -0.477 e. The van der Waals surface area contributed by atoms with Crippen molar-refractivity contribution in [1.82, 2.24) is 0 Å². The highest BCUT2D eigenvalue weighted by Crippen LogP contribution is 2.16. The summed E-state index contributed by atoms with van der Waals surface area (Å²) in [5.74, 6) is -1.25. The summed E-state index contributed by atoms with van der Waals surface area (Å²) < 4.78 is 0. The van der Waals surface area contributed by atoms with Crippen LogP contribution in [0.25, 0.3) is 0 Å². The van der Waals surface area contributed by atoms with E-state index < -0.39 is 5.97 Å². The minimum atomic E-state index is -1.02. The molecule has 4 nitrogen and oxygen atoms in total. The van der Waals surface area contributed by atoms with Crippen molar-refractivity contribution < 1.29 is 14.7 Å². The standard InChI is InChI=1S/C7H7NO3S/c8-3-4(9)5-1-2-6(12-5)7(10)11/h1-2H,3,8H2,(H,10,11). The van der Waals surface area contributed by atoms with E-state index in [2.05, 4.69) is 0 Å². The van der Waals surface area contributed by atoms with Crippen LogP contribution in [0, 0.1) is 0 Å². The molecule has 0 aliphatic carbocycles. The molecule has 0 aliphatic heterocycles. The zero-order chi connectivity index (χ0) is 9.14. The number of hydrogen-bond donors (Lipinski definition) is 2. The van der Waals surface area contributed by atoms with Crippen molar-refractivity contribution in [2.75, 3.05) is 6.54 Å². The summed E-state index contributed by atoms with van der Waals surface area (Å²) in [5, 5.41) is 8.52. The Morgan fingerprint density at radius 1 is 1.42 bits per heavy atom. The van der Waals surface area contributed by atoms with Crippen molar-refractivity contribution in [2.24, 2.45) is 5.73 Å². The molecule has 3 N–H and O–H groups in total. The second-order valence-electron chi connectivity index (χ2n) is 2.10. The number of carbonyl (C=O) groups is 2. The van der Waals surface area contributed by atoms with Gasteiger partial charge in [0.2, 0.25) is 0 Å². The van der Waals surface area contributed by atoms with Crippen molar-refractivity contribution in [3.8, 4) is 0 Å². The Hall–Kier alpha value is -1.20. The van der Waals surface area contributed by atoms with Gasteiger partial charge in [-0.05, 0) is 12.1 Å². The van der Waals surface area contributed by atoms with E-state index in [9.17, 15) is 9.59 Å². The molecule has 0 bridgehead atoms. The summed E-state index contributed by atoms with van der Waals surface area (Å²) in [6.45, 7) is -0.0838. The Bertz CT molecular complexity index is 318. The minimum absolute atomic E-state index is 0.0838. The van der Waals surface area contributed by atoms with E-state index in [1.54, 1.807) is 0 Å². The third-order valence-electron chi connectivity index (χ3n) is 1.28. The molecule has 1 aromatic rings. The number of nitrogens with two attached hydrogens (primary N) is 1. The smallest absolute Gasteiger partial charge is 0.345 e. The highest BCUT2D eigenvalue weighted by molar-refractivity contribution is 7.15. The van der Waals surface area contributed by atoms with Gasteiger partial charge in [-0.25, -0.2) is 4.79 Å². The van der Waals surface area contributed by atoms with Crippen molar-refractivity contribution >= 4 is 23.1 Å². The largest absolute Gasteiger partial charge is 0.477 e. The summed E-state index contributed by atoms with van der Waals surface area (Å²) >= 11 is 0.945. The fourth-order valence-corrected chi connectivity index (χ4v) is 1.50. The fraction of sp³-hybridized carbons (Fsp3) is 0.143. The predicted octanol–water partition coefficient (Wildman–Crippen LogP) is 0.588. The number of hydrogen-bond acceptors (Lipinski definition) is 4. The summed E-state index contributed by atoms with van der Waals surface area (Å²) in [4.78, 5) is 21.9. The molecule has 0 spiro atoms. The lowest BCUT2D eigenvalue weighted by Crippen LogP contribution is -2.11. The first-order chi connectivity index (χ1) is 5.65. The number of carboxylic acids is 1. The van der Waals surface area contributed by atoms with E-state index >= 15 is 0 Å². The molecule has 12 heavy (non-hydrogen) atoms. The molecule has 0 aromatic carbocycles. The van der Waals surface area contributed by atoms with Crippen molar-refractivity contribution in [1.29, 1.82) is 0 Å². The van der Waals surface area contributed by atoms with Gasteiger partial charge in [-0.15, -0.1) is 11.3 Å². The lowest BCUT2D eigenvalue weighted by Gasteiger charge is -1.88. The lowest BCUT2D eigenvalue weighted by molar-refractivity contribution is 0.0702. The number of thiophene rings is 1. The van der Waals surface area contributed by atoms with Crippen LogP contribution < -0.4 is 5.73 Å². The second-order valence-corrected chi connectivity index (χ2v) is 3.18. The van der Waals surface area contributed by atoms with Crippen LogP contribution in [0.5, 0.6) is 0 Å². The first-order valence-corrected chi connectivity index (χ1v) is 4.03. The van der Waals surface area contributed by atoms with Crippen LogP contribution in [0.4, 0.5) is 0 Å². The van der Waals surface area contributed by atoms with Crippen LogP contribution in [0.2, 0.25) is 0 Å². The van der Waals surface area contributed by atoms with Gasteiger partial charge in [0.1, 0.15) is 4.88 Å². The maximum atomic E-state index is 10.9. The zero-order valence-corrected chi connectivity index (χ0v) is 6.93. The Morgan fingerprint density at radius 3 is 2.42 bits per heavy atom. The van der Waals surface area contributed by atoms with Gasteiger partial charge >= 0.3 is 5.97 Å². The maximum Gasteiger partial charge on any atom is 0.345 e. The molecular formula is C7H7NO3S. The van der Waals surface area contributed by atoms with Crippen molar-refractivity contribution in [3.05, 3.63) is 21.9 Å². The van der Waals surface area contributed by atoms with Crippen LogP contribution in [-0.4, -0.2) is 23.4 Å². The lowest BCUT2D eigenvalue weighted by atomic mass is 10.3. The first kappa shape index (κ1) is 8.89. The highest BCUT2D eigenvalue weighted by Gasteiger charge is 2.10. The highest BCUT2D eigenvalue weighted by atomic mass is 32.1. The Balaban J connectivity index is 2.91. The van der Waals surface area contributed by atoms with Crippen molar-refractivity contribution in [2.45, 2.75) is 0 Å². The number of carboxylic acid groups (broad SMARTS) is 1. The summed E-state index contributed by atoms with van der Waals surface area (Å²) in [6, 6.07) is 2.87. The van der Waals surface area contributed by atoms with Crippen LogP contribution in [0.3, 0.4) is 0 Å². The van der Waals surface area contributed by atoms with E-state index in [4.69, 9.17) is 10.8 Å². The quantitative estimate of drug-likeness (QED) is 0.675. The number of carbonyl (C=O) groups excluding carboxylic acids is 1. The van der Waals surface area contributed by atoms with Gasteiger partial charge in [0, 0.05) is 0 Å². The number of rotatable bonds is 3. The van der Waals surface area contributed by atoms with Gasteiger partial charge in [-0.1, -0.05) is 0 Å². The Labute approximate surface area is 72.6 Å². The van der Waals surface area contributed by atoms with Gasteiger partial charge in [-0.2, -0.15) is 0 Å². The molecule has 5 heteroatoms. The SMILES string of the molecule is NCC(=O)c1ccc(C(=O)O)s1. The van der Waals surface area contributed by atoms with Gasteiger partial charge in [0.05, 0.1) is 11.4 Å². The van der Waals surface area contributed by atoms with E-state index in [1.165, 1.54) is 12.1 Å². The van der Waals surface area contributed by atoms with Crippen LogP contribution in [0.1, 0.15) is 19.3 Å². The average molecular weight is 185 g/mol. The van der Waals surface area contributed by atoms with Crippen LogP contribution >= 0.6 is 11.3 Å². The van der Waals surface area contributed by atoms with Gasteiger partial charge in [0.15, 0.2) is 5.78 Å². The van der Waals surface area contributed by atoms with Crippen molar-refractivity contribution in [3.63, 3.8) is 0 Å². The molecule has 0 atom stereocenters. The predicted molar refractivity (Wildman–Crippen MR) is 44.7 cm³/mol. The second kappa shape index (κ2) is 3.46. The Morgan fingerprint density at radius 2 is 2.00 bits per heavy atom.